The lowest BCUT2D eigenvalue weighted by atomic mass is 9.88. The molecule has 0 saturated carbocycles. The lowest BCUT2D eigenvalue weighted by Gasteiger charge is -2.25. The van der Waals surface area contributed by atoms with E-state index in [0.717, 1.165) is 68.6 Å². The van der Waals surface area contributed by atoms with Crippen LogP contribution >= 0.6 is 11.3 Å². The topological polar surface area (TPSA) is 49.4 Å². The molecule has 1 heterocycles. The van der Waals surface area contributed by atoms with Gasteiger partial charge < -0.3 is 10.2 Å². The van der Waals surface area contributed by atoms with Crippen molar-refractivity contribution in [2.45, 2.75) is 72.6 Å². The molecule has 1 aromatic heterocycles. The van der Waals surface area contributed by atoms with E-state index in [0.29, 0.717) is 5.92 Å². The van der Waals surface area contributed by atoms with Crippen molar-refractivity contribution in [2.75, 3.05) is 18.4 Å². The smallest absolute Gasteiger partial charge is 0.257 e. The summed E-state index contributed by atoms with van der Waals surface area (Å²) >= 11 is 1.61. The van der Waals surface area contributed by atoms with Crippen molar-refractivity contribution in [3.8, 4) is 0 Å². The van der Waals surface area contributed by atoms with Crippen molar-refractivity contribution in [1.29, 1.82) is 0 Å². The van der Waals surface area contributed by atoms with E-state index in [9.17, 15) is 9.59 Å². The van der Waals surface area contributed by atoms with E-state index in [-0.39, 0.29) is 11.8 Å². The van der Waals surface area contributed by atoms with Crippen LogP contribution in [-0.4, -0.2) is 29.8 Å². The SMILES string of the molecule is CCCCN(CCCC)C(=O)c1c(NC(C)=O)sc2c1CCC(C)C2. The largest absolute Gasteiger partial charge is 0.339 e. The Bertz CT molecular complexity index is 601. The summed E-state index contributed by atoms with van der Waals surface area (Å²) in [5.41, 5.74) is 1.96. The van der Waals surface area contributed by atoms with Crippen molar-refractivity contribution < 1.29 is 9.59 Å². The van der Waals surface area contributed by atoms with E-state index in [1.54, 1.807) is 11.3 Å². The van der Waals surface area contributed by atoms with Gasteiger partial charge in [-0.05, 0) is 43.6 Å². The summed E-state index contributed by atoms with van der Waals surface area (Å²) in [7, 11) is 0. The predicted octanol–water partition coefficient (Wildman–Crippen LogP) is 4.87. The number of carbonyl (C=O) groups is 2. The fourth-order valence-corrected chi connectivity index (χ4v) is 4.84. The molecule has 1 N–H and O–H groups in total. The van der Waals surface area contributed by atoms with Crippen LogP contribution in [0, 0.1) is 5.92 Å². The molecule has 0 saturated heterocycles. The molecule has 25 heavy (non-hydrogen) atoms. The van der Waals surface area contributed by atoms with Gasteiger partial charge in [0.15, 0.2) is 0 Å². The van der Waals surface area contributed by atoms with Crippen molar-refractivity contribution in [2.24, 2.45) is 5.92 Å². The Labute approximate surface area is 156 Å². The number of thiophene rings is 1. The van der Waals surface area contributed by atoms with Gasteiger partial charge in [0.2, 0.25) is 5.91 Å². The number of amides is 2. The number of carbonyl (C=O) groups excluding carboxylic acids is 2. The van der Waals surface area contributed by atoms with Crippen LogP contribution in [0.5, 0.6) is 0 Å². The maximum atomic E-state index is 13.4. The van der Waals surface area contributed by atoms with Crippen molar-refractivity contribution in [1.82, 2.24) is 4.90 Å². The molecule has 0 bridgehead atoms. The van der Waals surface area contributed by atoms with Crippen molar-refractivity contribution in [3.63, 3.8) is 0 Å². The average molecular weight is 365 g/mol. The van der Waals surface area contributed by atoms with E-state index in [1.165, 1.54) is 17.4 Å². The Kier molecular flexibility index (Phi) is 7.48. The third-order valence-corrected chi connectivity index (χ3v) is 6.04. The second-order valence-corrected chi connectivity index (χ2v) is 8.34. The highest BCUT2D eigenvalue weighted by Gasteiger charge is 2.30. The second kappa shape index (κ2) is 9.37. The molecule has 0 fully saturated rings. The van der Waals surface area contributed by atoms with Crippen LogP contribution in [0.3, 0.4) is 0 Å². The summed E-state index contributed by atoms with van der Waals surface area (Å²) in [6.07, 6.45) is 7.28. The molecule has 0 aliphatic heterocycles. The first kappa shape index (κ1) is 20.0. The molecule has 0 radical (unpaired) electrons. The first-order valence-corrected chi connectivity index (χ1v) is 10.5. The Balaban J connectivity index is 2.35. The van der Waals surface area contributed by atoms with Gasteiger partial charge in [-0.3, -0.25) is 9.59 Å². The number of unbranched alkanes of at least 4 members (excludes halogenated alkanes) is 2. The maximum absolute atomic E-state index is 13.4. The summed E-state index contributed by atoms with van der Waals surface area (Å²) in [4.78, 5) is 28.3. The van der Waals surface area contributed by atoms with Crippen LogP contribution in [0.4, 0.5) is 5.00 Å². The maximum Gasteiger partial charge on any atom is 0.257 e. The highest BCUT2D eigenvalue weighted by molar-refractivity contribution is 7.17. The average Bonchev–Trinajstić information content (AvgIpc) is 2.90. The number of rotatable bonds is 8. The summed E-state index contributed by atoms with van der Waals surface area (Å²) in [5, 5.41) is 3.68. The van der Waals surface area contributed by atoms with Gasteiger partial charge in [-0.2, -0.15) is 0 Å². The molecule has 140 valence electrons. The van der Waals surface area contributed by atoms with Gasteiger partial charge >= 0.3 is 0 Å². The lowest BCUT2D eigenvalue weighted by molar-refractivity contribution is -0.114. The van der Waals surface area contributed by atoms with Gasteiger partial charge in [0.25, 0.3) is 5.91 Å². The van der Waals surface area contributed by atoms with E-state index < -0.39 is 0 Å². The molecular formula is C20H32N2O2S. The quantitative estimate of drug-likeness (QED) is 0.715. The standard InChI is InChI=1S/C20H32N2O2S/c1-5-7-11-22(12-8-6-2)20(24)18-16-10-9-14(3)13-17(16)25-19(18)21-15(4)23/h14H,5-13H2,1-4H3,(H,21,23). The highest BCUT2D eigenvalue weighted by Crippen LogP contribution is 2.40. The van der Waals surface area contributed by atoms with Crippen LogP contribution in [0.25, 0.3) is 0 Å². The van der Waals surface area contributed by atoms with Crippen molar-refractivity contribution in [3.05, 3.63) is 16.0 Å². The molecule has 1 atom stereocenters. The lowest BCUT2D eigenvalue weighted by Crippen LogP contribution is -2.34. The van der Waals surface area contributed by atoms with Crippen LogP contribution in [-0.2, 0) is 17.6 Å². The van der Waals surface area contributed by atoms with E-state index in [2.05, 4.69) is 26.1 Å². The van der Waals surface area contributed by atoms with E-state index in [1.807, 2.05) is 4.90 Å². The van der Waals surface area contributed by atoms with Crippen LogP contribution < -0.4 is 5.32 Å². The first-order valence-electron chi connectivity index (χ1n) is 9.69. The normalized spacial score (nSPS) is 16.4. The zero-order valence-electron chi connectivity index (χ0n) is 16.1. The first-order chi connectivity index (χ1) is 12.0. The fourth-order valence-electron chi connectivity index (χ4n) is 3.40. The zero-order valence-corrected chi connectivity index (χ0v) is 16.9. The van der Waals surface area contributed by atoms with E-state index in [4.69, 9.17) is 0 Å². The number of nitrogens with zero attached hydrogens (tertiary/aromatic N) is 1. The highest BCUT2D eigenvalue weighted by atomic mass is 32.1. The molecule has 0 aromatic carbocycles. The van der Waals surface area contributed by atoms with Gasteiger partial charge in [0, 0.05) is 24.9 Å². The Morgan fingerprint density at radius 3 is 2.40 bits per heavy atom. The Morgan fingerprint density at radius 1 is 1.20 bits per heavy atom. The summed E-state index contributed by atoms with van der Waals surface area (Å²) in [5.74, 6) is 0.655. The number of anilines is 1. The molecule has 4 nitrogen and oxygen atoms in total. The number of hydrogen-bond acceptors (Lipinski definition) is 3. The number of hydrogen-bond donors (Lipinski definition) is 1. The van der Waals surface area contributed by atoms with Gasteiger partial charge in [0.05, 0.1) is 5.56 Å². The minimum atomic E-state index is -0.102. The van der Waals surface area contributed by atoms with Gasteiger partial charge in [-0.15, -0.1) is 11.3 Å². The molecule has 5 heteroatoms. The number of fused-ring (bicyclic) bond motifs is 1. The third kappa shape index (κ3) is 5.06. The molecule has 1 aliphatic carbocycles. The Morgan fingerprint density at radius 2 is 1.84 bits per heavy atom. The molecule has 1 aliphatic rings. The van der Waals surface area contributed by atoms with Crippen LogP contribution in [0.2, 0.25) is 0 Å². The molecule has 0 spiro atoms. The minimum absolute atomic E-state index is 0.102. The zero-order chi connectivity index (χ0) is 18.4. The number of nitrogens with one attached hydrogen (secondary N) is 1. The monoisotopic (exact) mass is 364 g/mol. The fraction of sp³-hybridized carbons (Fsp3) is 0.700. The van der Waals surface area contributed by atoms with Gasteiger partial charge in [0.1, 0.15) is 5.00 Å². The molecule has 2 rings (SSSR count). The van der Waals surface area contributed by atoms with E-state index >= 15 is 0 Å². The second-order valence-electron chi connectivity index (χ2n) is 7.24. The van der Waals surface area contributed by atoms with Gasteiger partial charge in [-0.25, -0.2) is 0 Å². The molecular weight excluding hydrogens is 332 g/mol. The molecule has 1 unspecified atom stereocenters. The summed E-state index contributed by atoms with van der Waals surface area (Å²) in [6.45, 7) is 9.68. The summed E-state index contributed by atoms with van der Waals surface area (Å²) in [6, 6.07) is 0. The minimum Gasteiger partial charge on any atom is -0.339 e. The van der Waals surface area contributed by atoms with Crippen LogP contribution in [0.15, 0.2) is 0 Å². The summed E-state index contributed by atoms with van der Waals surface area (Å²) < 4.78 is 0. The molecule has 2 amide bonds. The van der Waals surface area contributed by atoms with Crippen molar-refractivity contribution >= 4 is 28.2 Å². The molecule has 1 aromatic rings. The predicted molar refractivity (Wildman–Crippen MR) is 106 cm³/mol. The Hall–Kier alpha value is -1.36. The van der Waals surface area contributed by atoms with Crippen LogP contribution in [0.1, 0.15) is 80.6 Å². The van der Waals surface area contributed by atoms with Gasteiger partial charge in [-0.1, -0.05) is 33.6 Å². The third-order valence-electron chi connectivity index (χ3n) is 4.87.